The molecule has 2 rings (SSSR count). The van der Waals surface area contributed by atoms with E-state index in [4.69, 9.17) is 0 Å². The fraction of sp³-hybridized carbons (Fsp3) is 0.500. The van der Waals surface area contributed by atoms with E-state index in [-0.39, 0.29) is 5.54 Å². The highest BCUT2D eigenvalue weighted by Crippen LogP contribution is 2.26. The molecular weight excluding hydrogens is 244 g/mol. The van der Waals surface area contributed by atoms with Crippen molar-refractivity contribution in [2.75, 3.05) is 6.54 Å². The molecule has 0 fully saturated rings. The zero-order valence-electron chi connectivity index (χ0n) is 13.3. The van der Waals surface area contributed by atoms with Crippen LogP contribution in [0.5, 0.6) is 0 Å². The van der Waals surface area contributed by atoms with Gasteiger partial charge in [0.2, 0.25) is 0 Å². The van der Waals surface area contributed by atoms with E-state index in [1.165, 1.54) is 10.9 Å². The second-order valence-electron chi connectivity index (χ2n) is 6.85. The minimum atomic E-state index is 0.182. The summed E-state index contributed by atoms with van der Waals surface area (Å²) in [6, 6.07) is 10.8. The standard InChI is InChI=1S/C18H26N2/c1-13(12-20-18(3,4)5)14(2)15-8-9-17-16(11-15)7-6-10-19-17/h6-11,13-14,20H,12H2,1-5H3. The summed E-state index contributed by atoms with van der Waals surface area (Å²) in [6.45, 7) is 12.3. The maximum absolute atomic E-state index is 4.38. The lowest BCUT2D eigenvalue weighted by Crippen LogP contribution is -2.39. The topological polar surface area (TPSA) is 24.9 Å². The van der Waals surface area contributed by atoms with E-state index in [2.05, 4.69) is 69.2 Å². The second kappa shape index (κ2) is 5.92. The van der Waals surface area contributed by atoms with Crippen molar-refractivity contribution in [3.8, 4) is 0 Å². The predicted molar refractivity (Wildman–Crippen MR) is 87.1 cm³/mol. The zero-order chi connectivity index (χ0) is 14.8. The maximum atomic E-state index is 4.38. The Labute approximate surface area is 122 Å². The normalized spacial score (nSPS) is 15.2. The van der Waals surface area contributed by atoms with Gasteiger partial charge in [0.25, 0.3) is 0 Å². The average Bonchev–Trinajstić information content (AvgIpc) is 2.42. The lowest BCUT2D eigenvalue weighted by Gasteiger charge is -2.27. The first-order valence-corrected chi connectivity index (χ1v) is 7.46. The van der Waals surface area contributed by atoms with Crippen molar-refractivity contribution >= 4 is 10.9 Å². The Morgan fingerprint density at radius 1 is 1.15 bits per heavy atom. The number of benzene rings is 1. The highest BCUT2D eigenvalue weighted by molar-refractivity contribution is 5.79. The molecule has 0 radical (unpaired) electrons. The Bertz CT molecular complexity index is 569. The van der Waals surface area contributed by atoms with Gasteiger partial charge < -0.3 is 5.32 Å². The Morgan fingerprint density at radius 2 is 1.90 bits per heavy atom. The number of fused-ring (bicyclic) bond motifs is 1. The molecule has 20 heavy (non-hydrogen) atoms. The lowest BCUT2D eigenvalue weighted by atomic mass is 9.87. The van der Waals surface area contributed by atoms with Crippen molar-refractivity contribution in [1.82, 2.24) is 10.3 Å². The van der Waals surface area contributed by atoms with Crippen LogP contribution in [-0.2, 0) is 0 Å². The average molecular weight is 270 g/mol. The number of rotatable bonds is 4. The molecular formula is C18H26N2. The molecule has 0 saturated carbocycles. The number of aromatic nitrogens is 1. The van der Waals surface area contributed by atoms with Crippen molar-refractivity contribution in [3.63, 3.8) is 0 Å². The van der Waals surface area contributed by atoms with Gasteiger partial charge in [-0.2, -0.15) is 0 Å². The fourth-order valence-corrected chi connectivity index (χ4v) is 2.35. The van der Waals surface area contributed by atoms with Crippen LogP contribution in [0.3, 0.4) is 0 Å². The van der Waals surface area contributed by atoms with Crippen molar-refractivity contribution in [3.05, 3.63) is 42.1 Å². The van der Waals surface area contributed by atoms with Crippen LogP contribution in [0.25, 0.3) is 10.9 Å². The minimum absolute atomic E-state index is 0.182. The number of pyridine rings is 1. The molecule has 1 heterocycles. The van der Waals surface area contributed by atoms with Crippen molar-refractivity contribution in [2.24, 2.45) is 5.92 Å². The molecule has 2 unspecified atom stereocenters. The van der Waals surface area contributed by atoms with E-state index in [9.17, 15) is 0 Å². The molecule has 0 amide bonds. The van der Waals surface area contributed by atoms with Crippen molar-refractivity contribution in [2.45, 2.75) is 46.1 Å². The second-order valence-corrected chi connectivity index (χ2v) is 6.85. The van der Waals surface area contributed by atoms with Crippen LogP contribution in [0.2, 0.25) is 0 Å². The smallest absolute Gasteiger partial charge is 0.0702 e. The van der Waals surface area contributed by atoms with E-state index >= 15 is 0 Å². The van der Waals surface area contributed by atoms with Gasteiger partial charge in [-0.3, -0.25) is 4.98 Å². The van der Waals surface area contributed by atoms with E-state index in [0.29, 0.717) is 11.8 Å². The van der Waals surface area contributed by atoms with Gasteiger partial charge in [-0.15, -0.1) is 0 Å². The molecule has 1 aromatic carbocycles. The summed E-state index contributed by atoms with van der Waals surface area (Å²) in [5.41, 5.74) is 2.65. The van der Waals surface area contributed by atoms with Gasteiger partial charge in [0.1, 0.15) is 0 Å². The van der Waals surface area contributed by atoms with Crippen LogP contribution in [0, 0.1) is 5.92 Å². The van der Waals surface area contributed by atoms with Gasteiger partial charge in [-0.05, 0) is 62.9 Å². The Morgan fingerprint density at radius 3 is 2.60 bits per heavy atom. The Balaban J connectivity index is 2.12. The Hall–Kier alpha value is -1.41. The number of hydrogen-bond donors (Lipinski definition) is 1. The quantitative estimate of drug-likeness (QED) is 0.892. The molecule has 2 aromatic rings. The first kappa shape index (κ1) is 15.0. The first-order chi connectivity index (χ1) is 9.37. The summed E-state index contributed by atoms with van der Waals surface area (Å²) in [6.07, 6.45) is 1.85. The summed E-state index contributed by atoms with van der Waals surface area (Å²) in [4.78, 5) is 4.38. The van der Waals surface area contributed by atoms with Crippen LogP contribution in [0.1, 0.15) is 46.1 Å². The van der Waals surface area contributed by atoms with Gasteiger partial charge in [0.15, 0.2) is 0 Å². The van der Waals surface area contributed by atoms with Crippen molar-refractivity contribution < 1.29 is 0 Å². The molecule has 0 aliphatic heterocycles. The number of hydrogen-bond acceptors (Lipinski definition) is 2. The lowest BCUT2D eigenvalue weighted by molar-refractivity contribution is 0.359. The molecule has 108 valence electrons. The minimum Gasteiger partial charge on any atom is -0.312 e. The third-order valence-electron chi connectivity index (χ3n) is 3.96. The molecule has 0 aliphatic rings. The monoisotopic (exact) mass is 270 g/mol. The maximum Gasteiger partial charge on any atom is 0.0702 e. The van der Waals surface area contributed by atoms with Gasteiger partial charge in [0.05, 0.1) is 5.52 Å². The van der Waals surface area contributed by atoms with Crippen molar-refractivity contribution in [1.29, 1.82) is 0 Å². The molecule has 0 bridgehead atoms. The SMILES string of the molecule is CC(CNC(C)(C)C)C(C)c1ccc2ncccc2c1. The summed E-state index contributed by atoms with van der Waals surface area (Å²) in [5, 5.41) is 4.83. The largest absolute Gasteiger partial charge is 0.312 e. The van der Waals surface area contributed by atoms with E-state index in [0.717, 1.165) is 12.1 Å². The van der Waals surface area contributed by atoms with E-state index in [1.54, 1.807) is 0 Å². The molecule has 0 aliphatic carbocycles. The summed E-state index contributed by atoms with van der Waals surface area (Å²) in [7, 11) is 0. The van der Waals surface area contributed by atoms with Crippen LogP contribution in [0.15, 0.2) is 36.5 Å². The third-order valence-corrected chi connectivity index (χ3v) is 3.96. The summed E-state index contributed by atoms with van der Waals surface area (Å²) in [5.74, 6) is 1.14. The molecule has 2 nitrogen and oxygen atoms in total. The molecule has 2 heteroatoms. The fourth-order valence-electron chi connectivity index (χ4n) is 2.35. The predicted octanol–water partition coefficient (Wildman–Crippen LogP) is 4.36. The van der Waals surface area contributed by atoms with Gasteiger partial charge >= 0.3 is 0 Å². The van der Waals surface area contributed by atoms with Crippen LogP contribution in [-0.4, -0.2) is 17.1 Å². The number of nitrogens with one attached hydrogen (secondary N) is 1. The first-order valence-electron chi connectivity index (χ1n) is 7.46. The highest BCUT2D eigenvalue weighted by Gasteiger charge is 2.17. The van der Waals surface area contributed by atoms with Crippen LogP contribution >= 0.6 is 0 Å². The highest BCUT2D eigenvalue weighted by atomic mass is 14.9. The van der Waals surface area contributed by atoms with Gasteiger partial charge in [-0.25, -0.2) is 0 Å². The van der Waals surface area contributed by atoms with E-state index in [1.807, 2.05) is 12.3 Å². The third kappa shape index (κ3) is 3.80. The summed E-state index contributed by atoms with van der Waals surface area (Å²) >= 11 is 0. The Kier molecular flexibility index (Phi) is 4.44. The molecule has 0 saturated heterocycles. The van der Waals surface area contributed by atoms with Gasteiger partial charge in [-0.1, -0.05) is 26.0 Å². The zero-order valence-corrected chi connectivity index (χ0v) is 13.3. The van der Waals surface area contributed by atoms with Crippen LogP contribution in [0.4, 0.5) is 0 Å². The molecule has 1 N–H and O–H groups in total. The number of nitrogens with zero attached hydrogens (tertiary/aromatic N) is 1. The van der Waals surface area contributed by atoms with E-state index < -0.39 is 0 Å². The van der Waals surface area contributed by atoms with Crippen LogP contribution < -0.4 is 5.32 Å². The molecule has 1 aromatic heterocycles. The molecule has 0 spiro atoms. The molecule has 2 atom stereocenters. The van der Waals surface area contributed by atoms with Gasteiger partial charge in [0, 0.05) is 17.1 Å². The summed E-state index contributed by atoms with van der Waals surface area (Å²) < 4.78 is 0.